The zero-order chi connectivity index (χ0) is 36.9. The number of rotatable bonds is 5. The van der Waals surface area contributed by atoms with Crippen molar-refractivity contribution in [3.8, 4) is 44.5 Å². The topological polar surface area (TPSA) is 91.3 Å². The molecule has 0 atom stereocenters. The number of hydrogen-bond acceptors (Lipinski definition) is 3. The van der Waals surface area contributed by atoms with Crippen LogP contribution in [0.5, 0.6) is 0 Å². The fourth-order valence-corrected chi connectivity index (χ4v) is 7.21. The zero-order valence-corrected chi connectivity index (χ0v) is 33.7. The van der Waals surface area contributed by atoms with E-state index in [1.54, 1.807) is 12.1 Å². The first-order chi connectivity index (χ1) is 26.3. The number of fused-ring (bicyclic) bond motifs is 8. The van der Waals surface area contributed by atoms with Gasteiger partial charge in [0.2, 0.25) is 0 Å². The Bertz CT molecular complexity index is 2800. The Morgan fingerprint density at radius 2 is 0.673 bits per heavy atom. The number of nitrogens with zero attached hydrogens (tertiary/aromatic N) is 4. The molecule has 0 saturated carbocycles. The Morgan fingerprint density at radius 3 is 0.927 bits per heavy atom. The third-order valence-electron chi connectivity index (χ3n) is 10.1. The summed E-state index contributed by atoms with van der Waals surface area (Å²) in [6.07, 6.45) is 8.19. The van der Waals surface area contributed by atoms with Gasteiger partial charge in [-0.05, 0) is 102 Å². The van der Waals surface area contributed by atoms with Gasteiger partial charge in [0.25, 0.3) is 0 Å². The Balaban J connectivity index is 0.00000427. The number of aromatic carboxylic acids is 1. The van der Waals surface area contributed by atoms with Gasteiger partial charge in [0.15, 0.2) is 0 Å². The minimum absolute atomic E-state index is 0. The van der Waals surface area contributed by atoms with Gasteiger partial charge in [-0.3, -0.25) is 0 Å². The fourth-order valence-electron chi connectivity index (χ4n) is 7.21. The molecule has 0 amide bonds. The maximum absolute atomic E-state index is 11.8. The summed E-state index contributed by atoms with van der Waals surface area (Å²) < 4.78 is 0. The molecule has 260 valence electrons. The summed E-state index contributed by atoms with van der Waals surface area (Å²) in [4.78, 5) is 33.1. The molecule has 9 rings (SSSR count). The van der Waals surface area contributed by atoms with Gasteiger partial charge in [-0.15, -0.1) is 22.1 Å². The summed E-state index contributed by atoms with van der Waals surface area (Å²) in [6.45, 7) is 6.25. The van der Waals surface area contributed by atoms with Crippen LogP contribution in [0.1, 0.15) is 49.8 Å². The van der Waals surface area contributed by atoms with E-state index in [0.717, 1.165) is 100 Å². The Labute approximate surface area is 331 Å². The van der Waals surface area contributed by atoms with Crippen molar-refractivity contribution >= 4 is 52.3 Å². The first-order valence-corrected chi connectivity index (χ1v) is 17.9. The van der Waals surface area contributed by atoms with Gasteiger partial charge in [0, 0.05) is 0 Å². The number of hydrogen-bond donors (Lipinski definition) is 1. The summed E-state index contributed by atoms with van der Waals surface area (Å²) in [5, 5.41) is 9.67. The Morgan fingerprint density at radius 1 is 0.418 bits per heavy atom. The van der Waals surface area contributed by atoms with E-state index in [4.69, 9.17) is 19.9 Å². The summed E-state index contributed by atoms with van der Waals surface area (Å²) in [5.74, 6) is -0.979. The van der Waals surface area contributed by atoms with Gasteiger partial charge in [0.05, 0.1) is 28.3 Å². The standard InChI is InChI=1S/C48H35N4O2.Zn/c1-28-4-10-31(11-5-28)44-36-20-22-38(49-36)45(32-12-6-29(2)7-13-32)40-24-26-42(51-40)47(34-16-18-35(19-17-34)48(53)54)43-27-25-41(52-43)46(39-23-21-37(44)50-39)33-14-8-30(3)9-15-33;/h4-27H,1-3H3,(H2-,49,50,51,52,53,54);/q-1;+2/p-1. The van der Waals surface area contributed by atoms with E-state index in [0.29, 0.717) is 0 Å². The van der Waals surface area contributed by atoms with Crippen LogP contribution in [0.15, 0.2) is 121 Å². The van der Waals surface area contributed by atoms with Crippen LogP contribution in [0, 0.1) is 20.8 Å². The Hall–Kier alpha value is -6.43. The summed E-state index contributed by atoms with van der Waals surface area (Å²) >= 11 is 0. The molecule has 55 heavy (non-hydrogen) atoms. The van der Waals surface area contributed by atoms with Crippen molar-refractivity contribution in [1.82, 2.24) is 19.9 Å². The van der Waals surface area contributed by atoms with Crippen LogP contribution in [0.2, 0.25) is 0 Å². The molecule has 5 heterocycles. The minimum Gasteiger partial charge on any atom is -0.657 e. The van der Waals surface area contributed by atoms with E-state index >= 15 is 0 Å². The van der Waals surface area contributed by atoms with Crippen LogP contribution in [0.3, 0.4) is 0 Å². The van der Waals surface area contributed by atoms with Crippen LogP contribution in [-0.4, -0.2) is 21.0 Å². The molecule has 2 aliphatic heterocycles. The third kappa shape index (κ3) is 6.69. The predicted octanol–water partition coefficient (Wildman–Crippen LogP) is 11.2. The van der Waals surface area contributed by atoms with Gasteiger partial charge in [-0.25, -0.2) is 14.8 Å². The Kier molecular flexibility index (Phi) is 9.34. The van der Waals surface area contributed by atoms with Gasteiger partial charge in [-0.1, -0.05) is 126 Å². The molecule has 7 aromatic rings. The van der Waals surface area contributed by atoms with Gasteiger partial charge in [0.1, 0.15) is 0 Å². The molecule has 0 spiro atoms. The van der Waals surface area contributed by atoms with E-state index in [-0.39, 0.29) is 25.0 Å². The third-order valence-corrected chi connectivity index (χ3v) is 10.1. The van der Waals surface area contributed by atoms with E-state index in [1.165, 1.54) is 5.56 Å². The van der Waals surface area contributed by atoms with Crippen LogP contribution in [0.4, 0.5) is 0 Å². The molecular formula is C48H34N4O2Zn. The molecular weight excluding hydrogens is 730 g/mol. The monoisotopic (exact) mass is 762 g/mol. The molecule has 7 heteroatoms. The molecule has 2 aliphatic rings. The predicted molar refractivity (Wildman–Crippen MR) is 220 cm³/mol. The van der Waals surface area contributed by atoms with Crippen molar-refractivity contribution in [3.05, 3.63) is 166 Å². The fraction of sp³-hybridized carbons (Fsp3) is 0.0625. The average molecular weight is 764 g/mol. The maximum atomic E-state index is 11.8. The molecule has 0 aliphatic carbocycles. The van der Waals surface area contributed by atoms with Crippen molar-refractivity contribution in [2.75, 3.05) is 0 Å². The summed E-state index contributed by atoms with van der Waals surface area (Å²) in [6, 6.07) is 40.5. The average Bonchev–Trinajstić information content (AvgIpc) is 4.02. The molecule has 4 aromatic carbocycles. The zero-order valence-electron chi connectivity index (χ0n) is 30.7. The number of carboxylic acid groups (broad SMARTS) is 1. The minimum atomic E-state index is -0.979. The molecule has 0 fully saturated rings. The second-order valence-corrected chi connectivity index (χ2v) is 13.8. The van der Waals surface area contributed by atoms with Crippen LogP contribution in [-0.2, 0) is 19.5 Å². The normalized spacial score (nSPS) is 11.8. The summed E-state index contributed by atoms with van der Waals surface area (Å²) in [7, 11) is 0. The van der Waals surface area contributed by atoms with Crippen LogP contribution in [0.25, 0.3) is 90.9 Å². The van der Waals surface area contributed by atoms with E-state index in [2.05, 4.69) is 118 Å². The quantitative estimate of drug-likeness (QED) is 0.176. The van der Waals surface area contributed by atoms with E-state index in [1.807, 2.05) is 36.4 Å². The first kappa shape index (κ1) is 35.6. The molecule has 0 radical (unpaired) electrons. The second-order valence-electron chi connectivity index (χ2n) is 13.8. The van der Waals surface area contributed by atoms with Gasteiger partial charge < -0.3 is 15.1 Å². The number of benzene rings is 4. The van der Waals surface area contributed by atoms with Crippen molar-refractivity contribution in [2.45, 2.75) is 20.8 Å². The second kappa shape index (κ2) is 14.4. The maximum Gasteiger partial charge on any atom is 2.00 e. The number of carbonyl (C=O) groups is 1. The molecule has 3 aromatic heterocycles. The largest absolute Gasteiger partial charge is 2.00 e. The SMILES string of the molecule is Cc1ccc(-c2c3nc(c(-c4ccc(C)cc4)c4ccc([n-]4)c(-c4ccc(C(=O)O)cc4)c4nc(c(-c5ccc(C)cc5)c5ccc2[n-]5)C=C4)C=C3)cc1.[Zn+2]. The van der Waals surface area contributed by atoms with Crippen molar-refractivity contribution in [2.24, 2.45) is 0 Å². The first-order valence-electron chi connectivity index (χ1n) is 17.9. The molecule has 6 nitrogen and oxygen atoms in total. The summed E-state index contributed by atoms with van der Waals surface area (Å²) in [5.41, 5.74) is 17.3. The van der Waals surface area contributed by atoms with Crippen molar-refractivity contribution in [3.63, 3.8) is 0 Å². The molecule has 1 N–H and O–H groups in total. The number of carboxylic acids is 1. The van der Waals surface area contributed by atoms with Crippen LogP contribution >= 0.6 is 0 Å². The van der Waals surface area contributed by atoms with Crippen molar-refractivity contribution < 1.29 is 29.4 Å². The number of aryl methyl sites for hydroxylation is 3. The van der Waals surface area contributed by atoms with Gasteiger partial charge in [-0.2, -0.15) is 0 Å². The molecule has 0 saturated heterocycles. The molecule has 0 unspecified atom stereocenters. The van der Waals surface area contributed by atoms with Gasteiger partial charge >= 0.3 is 25.4 Å². The molecule has 8 bridgehead atoms. The smallest absolute Gasteiger partial charge is 0.657 e. The van der Waals surface area contributed by atoms with Crippen molar-refractivity contribution in [1.29, 1.82) is 0 Å². The number of aromatic nitrogens is 4. The van der Waals surface area contributed by atoms with Crippen LogP contribution < -0.4 is 9.97 Å². The van der Waals surface area contributed by atoms with E-state index < -0.39 is 5.97 Å². The van der Waals surface area contributed by atoms with E-state index in [9.17, 15) is 9.90 Å².